The average Bonchev–Trinajstić information content (AvgIpc) is 2.53. The number of hydrogen-bond donors (Lipinski definition) is 1. The van der Waals surface area contributed by atoms with Crippen LogP contribution in [0.2, 0.25) is 0 Å². The largest absolute Gasteiger partial charge is 0.465 e. The molecule has 122 valence electrons. The van der Waals surface area contributed by atoms with E-state index in [0.29, 0.717) is 17.2 Å². The van der Waals surface area contributed by atoms with Crippen LogP contribution in [0.3, 0.4) is 0 Å². The molecule has 1 atom stereocenters. The van der Waals surface area contributed by atoms with Gasteiger partial charge in [-0.15, -0.1) is 0 Å². The maximum Gasteiger partial charge on any atom is 0.339 e. The third-order valence-electron chi connectivity index (χ3n) is 4.14. The van der Waals surface area contributed by atoms with Gasteiger partial charge in [0.15, 0.2) is 0 Å². The first-order valence-corrected chi connectivity index (χ1v) is 8.12. The fourth-order valence-corrected chi connectivity index (χ4v) is 2.91. The van der Waals surface area contributed by atoms with E-state index >= 15 is 0 Å². The number of methoxy groups -OCH3 is 1. The molecule has 1 aliphatic heterocycles. The molecular formula is C17H27N3O2. The SMILES string of the molecule is COC(=O)c1ccc(NCC(C)CN2CCCCC2)nc1C. The van der Waals surface area contributed by atoms with Crippen molar-refractivity contribution in [1.82, 2.24) is 9.88 Å². The van der Waals surface area contributed by atoms with E-state index in [1.54, 1.807) is 6.07 Å². The highest BCUT2D eigenvalue weighted by molar-refractivity contribution is 5.90. The van der Waals surface area contributed by atoms with Gasteiger partial charge in [-0.2, -0.15) is 0 Å². The number of aryl methyl sites for hydroxylation is 1. The van der Waals surface area contributed by atoms with Gasteiger partial charge in [-0.05, 0) is 50.9 Å². The predicted octanol–water partition coefficient (Wildman–Crippen LogP) is 2.71. The normalized spacial score (nSPS) is 17.0. The summed E-state index contributed by atoms with van der Waals surface area (Å²) in [5.41, 5.74) is 1.22. The number of esters is 1. The van der Waals surface area contributed by atoms with E-state index in [9.17, 15) is 4.79 Å². The molecule has 22 heavy (non-hydrogen) atoms. The lowest BCUT2D eigenvalue weighted by atomic mass is 10.1. The summed E-state index contributed by atoms with van der Waals surface area (Å²) in [5, 5.41) is 3.37. The van der Waals surface area contributed by atoms with Crippen molar-refractivity contribution >= 4 is 11.8 Å². The Hall–Kier alpha value is -1.62. The summed E-state index contributed by atoms with van der Waals surface area (Å²) in [4.78, 5) is 18.5. The summed E-state index contributed by atoms with van der Waals surface area (Å²) in [7, 11) is 1.39. The summed E-state index contributed by atoms with van der Waals surface area (Å²) in [5.74, 6) is 1.05. The smallest absolute Gasteiger partial charge is 0.339 e. The molecule has 2 heterocycles. The van der Waals surface area contributed by atoms with Crippen LogP contribution in [0.25, 0.3) is 0 Å². The number of nitrogens with zero attached hydrogens (tertiary/aromatic N) is 2. The second kappa shape index (κ2) is 8.13. The molecule has 5 heteroatoms. The van der Waals surface area contributed by atoms with Gasteiger partial charge in [0.1, 0.15) is 5.82 Å². The quantitative estimate of drug-likeness (QED) is 0.819. The Labute approximate surface area is 133 Å². The summed E-state index contributed by atoms with van der Waals surface area (Å²) < 4.78 is 4.73. The van der Waals surface area contributed by atoms with E-state index in [2.05, 4.69) is 22.1 Å². The number of anilines is 1. The van der Waals surface area contributed by atoms with Crippen molar-refractivity contribution in [1.29, 1.82) is 0 Å². The van der Waals surface area contributed by atoms with Crippen LogP contribution in [-0.2, 0) is 4.74 Å². The molecule has 0 aromatic carbocycles. The van der Waals surface area contributed by atoms with Gasteiger partial charge in [0, 0.05) is 13.1 Å². The van der Waals surface area contributed by atoms with Gasteiger partial charge in [0.2, 0.25) is 0 Å². The maximum absolute atomic E-state index is 11.5. The van der Waals surface area contributed by atoms with Crippen LogP contribution >= 0.6 is 0 Å². The number of piperidine rings is 1. The van der Waals surface area contributed by atoms with Crippen LogP contribution in [0.5, 0.6) is 0 Å². The third-order valence-corrected chi connectivity index (χ3v) is 4.14. The van der Waals surface area contributed by atoms with Gasteiger partial charge in [0.25, 0.3) is 0 Å². The molecule has 1 aliphatic rings. The molecule has 1 aromatic heterocycles. The highest BCUT2D eigenvalue weighted by Gasteiger charge is 2.14. The minimum Gasteiger partial charge on any atom is -0.465 e. The summed E-state index contributed by atoms with van der Waals surface area (Å²) in [6.07, 6.45) is 4.03. The molecule has 0 saturated carbocycles. The van der Waals surface area contributed by atoms with Gasteiger partial charge in [-0.1, -0.05) is 13.3 Å². The molecule has 0 bridgehead atoms. The molecule has 0 spiro atoms. The molecule has 0 radical (unpaired) electrons. The average molecular weight is 305 g/mol. The molecule has 0 amide bonds. The number of hydrogen-bond acceptors (Lipinski definition) is 5. The Morgan fingerprint density at radius 3 is 2.73 bits per heavy atom. The standard InChI is InChI=1S/C17H27N3O2/c1-13(12-20-9-5-4-6-10-20)11-18-16-8-7-15(14(2)19-16)17(21)22-3/h7-8,13H,4-6,9-12H2,1-3H3,(H,18,19). The van der Waals surface area contributed by atoms with Gasteiger partial charge >= 0.3 is 5.97 Å². The molecule has 1 saturated heterocycles. The van der Waals surface area contributed by atoms with Crippen LogP contribution in [0, 0.1) is 12.8 Å². The van der Waals surface area contributed by atoms with Crippen molar-refractivity contribution in [3.63, 3.8) is 0 Å². The minimum absolute atomic E-state index is 0.338. The van der Waals surface area contributed by atoms with Crippen molar-refractivity contribution in [2.24, 2.45) is 5.92 Å². The number of nitrogens with one attached hydrogen (secondary N) is 1. The topological polar surface area (TPSA) is 54.5 Å². The molecule has 1 aromatic rings. The van der Waals surface area contributed by atoms with Gasteiger partial charge in [-0.25, -0.2) is 9.78 Å². The van der Waals surface area contributed by atoms with Gasteiger partial charge in [0.05, 0.1) is 18.4 Å². The van der Waals surface area contributed by atoms with Gasteiger partial charge < -0.3 is 15.0 Å². The first-order valence-electron chi connectivity index (χ1n) is 8.12. The first-order chi connectivity index (χ1) is 10.6. The van der Waals surface area contributed by atoms with E-state index in [-0.39, 0.29) is 5.97 Å². The number of ether oxygens (including phenoxy) is 1. The minimum atomic E-state index is -0.338. The number of likely N-dealkylation sites (tertiary alicyclic amines) is 1. The Morgan fingerprint density at radius 2 is 2.09 bits per heavy atom. The zero-order valence-electron chi connectivity index (χ0n) is 13.9. The second-order valence-corrected chi connectivity index (χ2v) is 6.17. The molecule has 1 unspecified atom stereocenters. The Balaban J connectivity index is 1.83. The lowest BCUT2D eigenvalue weighted by Crippen LogP contribution is -2.35. The number of pyridine rings is 1. The zero-order chi connectivity index (χ0) is 15.9. The summed E-state index contributed by atoms with van der Waals surface area (Å²) >= 11 is 0. The van der Waals surface area contributed by atoms with Crippen LogP contribution in [0.1, 0.15) is 42.2 Å². The van der Waals surface area contributed by atoms with Crippen molar-refractivity contribution in [2.45, 2.75) is 33.1 Å². The first kappa shape index (κ1) is 16.7. The van der Waals surface area contributed by atoms with E-state index in [1.165, 1.54) is 39.5 Å². The fourth-order valence-electron chi connectivity index (χ4n) is 2.91. The van der Waals surface area contributed by atoms with E-state index in [0.717, 1.165) is 18.9 Å². The van der Waals surface area contributed by atoms with Crippen molar-refractivity contribution < 1.29 is 9.53 Å². The van der Waals surface area contributed by atoms with Crippen molar-refractivity contribution in [3.8, 4) is 0 Å². The summed E-state index contributed by atoms with van der Waals surface area (Å²) in [6.45, 7) is 8.57. The van der Waals surface area contributed by atoms with E-state index in [4.69, 9.17) is 4.74 Å². The van der Waals surface area contributed by atoms with Gasteiger partial charge in [-0.3, -0.25) is 0 Å². The molecule has 2 rings (SSSR count). The molecule has 0 aliphatic carbocycles. The highest BCUT2D eigenvalue weighted by Crippen LogP contribution is 2.14. The maximum atomic E-state index is 11.5. The Morgan fingerprint density at radius 1 is 1.36 bits per heavy atom. The van der Waals surface area contributed by atoms with Crippen molar-refractivity contribution in [3.05, 3.63) is 23.4 Å². The van der Waals surface area contributed by atoms with Crippen LogP contribution in [0.15, 0.2) is 12.1 Å². The monoisotopic (exact) mass is 305 g/mol. The Bertz CT molecular complexity index is 499. The van der Waals surface area contributed by atoms with E-state index < -0.39 is 0 Å². The molecule has 5 nitrogen and oxygen atoms in total. The lowest BCUT2D eigenvalue weighted by molar-refractivity contribution is 0.0599. The Kier molecular flexibility index (Phi) is 6.19. The lowest BCUT2D eigenvalue weighted by Gasteiger charge is -2.29. The van der Waals surface area contributed by atoms with Crippen LogP contribution < -0.4 is 5.32 Å². The number of rotatable bonds is 6. The van der Waals surface area contributed by atoms with Crippen LogP contribution in [-0.4, -0.2) is 49.1 Å². The summed E-state index contributed by atoms with van der Waals surface area (Å²) in [6, 6.07) is 3.61. The highest BCUT2D eigenvalue weighted by atomic mass is 16.5. The second-order valence-electron chi connectivity index (χ2n) is 6.17. The fraction of sp³-hybridized carbons (Fsp3) is 0.647. The number of carbonyl (C=O) groups is 1. The molecular weight excluding hydrogens is 278 g/mol. The number of carbonyl (C=O) groups excluding carboxylic acids is 1. The number of aromatic nitrogens is 1. The zero-order valence-corrected chi connectivity index (χ0v) is 13.9. The third kappa shape index (κ3) is 4.70. The molecule has 1 fully saturated rings. The van der Waals surface area contributed by atoms with E-state index in [1.807, 2.05) is 13.0 Å². The molecule has 1 N–H and O–H groups in total. The van der Waals surface area contributed by atoms with Crippen molar-refractivity contribution in [2.75, 3.05) is 38.6 Å². The predicted molar refractivity (Wildman–Crippen MR) is 88.3 cm³/mol. The van der Waals surface area contributed by atoms with Crippen LogP contribution in [0.4, 0.5) is 5.82 Å².